The largest absolute Gasteiger partial charge is 0.492 e. The molecule has 0 aliphatic heterocycles. The second kappa shape index (κ2) is 6.68. The number of rotatable bonds is 6. The van der Waals surface area contributed by atoms with E-state index in [1.165, 1.54) is 0 Å². The Bertz CT molecular complexity index is 513. The van der Waals surface area contributed by atoms with Crippen LogP contribution in [-0.4, -0.2) is 28.3 Å². The number of nitrogens with zero attached hydrogens (tertiary/aromatic N) is 3. The van der Waals surface area contributed by atoms with E-state index in [1.54, 1.807) is 12.4 Å². The van der Waals surface area contributed by atoms with Gasteiger partial charge in [0.15, 0.2) is 0 Å². The number of aromatic nitrogens is 3. The number of hydrogen-bond donors (Lipinski definition) is 1. The van der Waals surface area contributed by atoms with Gasteiger partial charge in [0.05, 0.1) is 18.5 Å². The quantitative estimate of drug-likeness (QED) is 0.863. The Balaban J connectivity index is 2.16. The summed E-state index contributed by atoms with van der Waals surface area (Å²) in [6, 6.07) is 5.76. The van der Waals surface area contributed by atoms with Gasteiger partial charge in [-0.3, -0.25) is 4.98 Å². The molecule has 2 aromatic heterocycles. The maximum atomic E-state index is 5.56. The number of hydrogen-bond acceptors (Lipinski definition) is 5. The first-order valence-electron chi connectivity index (χ1n) is 6.49. The summed E-state index contributed by atoms with van der Waals surface area (Å²) < 4.78 is 5.56. The molecule has 19 heavy (non-hydrogen) atoms. The fourth-order valence-corrected chi connectivity index (χ4v) is 1.62. The highest BCUT2D eigenvalue weighted by Gasteiger charge is 2.03. The monoisotopic (exact) mass is 258 g/mol. The summed E-state index contributed by atoms with van der Waals surface area (Å²) in [6.45, 7) is 5.61. The molecule has 5 nitrogen and oxygen atoms in total. The lowest BCUT2D eigenvalue weighted by molar-refractivity contribution is 0.316. The molecule has 0 aromatic carbocycles. The van der Waals surface area contributed by atoms with Gasteiger partial charge in [-0.1, -0.05) is 6.92 Å². The van der Waals surface area contributed by atoms with Crippen molar-refractivity contribution >= 4 is 5.82 Å². The van der Waals surface area contributed by atoms with Crippen LogP contribution in [0.1, 0.15) is 20.3 Å². The van der Waals surface area contributed by atoms with E-state index in [2.05, 4.69) is 27.4 Å². The number of nitrogens with one attached hydrogen (secondary N) is 1. The summed E-state index contributed by atoms with van der Waals surface area (Å²) in [5.74, 6) is 1.54. The Morgan fingerprint density at radius 3 is 2.74 bits per heavy atom. The molecule has 0 atom stereocenters. The molecule has 0 aliphatic carbocycles. The molecule has 0 spiro atoms. The summed E-state index contributed by atoms with van der Waals surface area (Å²) in [7, 11) is 0. The Hall–Kier alpha value is -2.17. The van der Waals surface area contributed by atoms with Gasteiger partial charge in [-0.25, -0.2) is 0 Å². The second-order valence-corrected chi connectivity index (χ2v) is 4.09. The van der Waals surface area contributed by atoms with Gasteiger partial charge in [0, 0.05) is 18.3 Å². The molecule has 0 aliphatic rings. The first-order valence-corrected chi connectivity index (χ1v) is 6.49. The van der Waals surface area contributed by atoms with E-state index in [-0.39, 0.29) is 0 Å². The topological polar surface area (TPSA) is 59.9 Å². The fourth-order valence-electron chi connectivity index (χ4n) is 1.62. The van der Waals surface area contributed by atoms with E-state index < -0.39 is 0 Å². The molecule has 0 saturated carbocycles. The van der Waals surface area contributed by atoms with Gasteiger partial charge in [0.1, 0.15) is 11.6 Å². The maximum absolute atomic E-state index is 5.56. The third-order valence-electron chi connectivity index (χ3n) is 2.50. The lowest BCUT2D eigenvalue weighted by atomic mass is 10.2. The molecule has 2 heterocycles. The predicted octanol–water partition coefficient (Wildman–Crippen LogP) is 2.76. The zero-order valence-electron chi connectivity index (χ0n) is 11.3. The van der Waals surface area contributed by atoms with Crippen molar-refractivity contribution in [3.63, 3.8) is 0 Å². The van der Waals surface area contributed by atoms with Crippen molar-refractivity contribution < 1.29 is 4.74 Å². The van der Waals surface area contributed by atoms with E-state index in [4.69, 9.17) is 4.74 Å². The molecule has 2 rings (SSSR count). The van der Waals surface area contributed by atoms with Gasteiger partial charge in [-0.15, -0.1) is 10.2 Å². The average molecular weight is 258 g/mol. The third kappa shape index (κ3) is 3.64. The summed E-state index contributed by atoms with van der Waals surface area (Å²) in [4.78, 5) is 4.16. The molecule has 0 radical (unpaired) electrons. The third-order valence-corrected chi connectivity index (χ3v) is 2.50. The second-order valence-electron chi connectivity index (χ2n) is 4.09. The molecule has 5 heteroatoms. The normalized spacial score (nSPS) is 10.2. The van der Waals surface area contributed by atoms with E-state index in [1.807, 2.05) is 25.1 Å². The molecule has 0 unspecified atom stereocenters. The minimum absolute atomic E-state index is 0.691. The molecule has 0 fully saturated rings. The lowest BCUT2D eigenvalue weighted by Crippen LogP contribution is -2.01. The van der Waals surface area contributed by atoms with Gasteiger partial charge >= 0.3 is 0 Å². The summed E-state index contributed by atoms with van der Waals surface area (Å²) in [6.07, 6.45) is 4.44. The number of anilines is 1. The van der Waals surface area contributed by atoms with Crippen LogP contribution in [0.2, 0.25) is 0 Å². The highest BCUT2D eigenvalue weighted by Crippen LogP contribution is 2.21. The van der Waals surface area contributed by atoms with Crippen LogP contribution in [0.15, 0.2) is 30.6 Å². The van der Waals surface area contributed by atoms with Crippen molar-refractivity contribution in [2.24, 2.45) is 0 Å². The summed E-state index contributed by atoms with van der Waals surface area (Å²) >= 11 is 0. The SMILES string of the molecule is CCCOc1cncc(-c2ccc(NCC)nn2)c1. The van der Waals surface area contributed by atoms with E-state index in [9.17, 15) is 0 Å². The van der Waals surface area contributed by atoms with Crippen molar-refractivity contribution in [3.05, 3.63) is 30.6 Å². The zero-order chi connectivity index (χ0) is 13.5. The Labute approximate surface area is 113 Å². The van der Waals surface area contributed by atoms with Crippen molar-refractivity contribution in [2.75, 3.05) is 18.5 Å². The first-order chi connectivity index (χ1) is 9.33. The highest BCUT2D eigenvalue weighted by atomic mass is 16.5. The zero-order valence-corrected chi connectivity index (χ0v) is 11.3. The minimum Gasteiger partial charge on any atom is -0.492 e. The molecular weight excluding hydrogens is 240 g/mol. The molecule has 2 aromatic rings. The van der Waals surface area contributed by atoms with Gasteiger partial charge < -0.3 is 10.1 Å². The summed E-state index contributed by atoms with van der Waals surface area (Å²) in [5, 5.41) is 11.4. The van der Waals surface area contributed by atoms with Crippen LogP contribution >= 0.6 is 0 Å². The van der Waals surface area contributed by atoms with Gasteiger partial charge in [-0.05, 0) is 31.5 Å². The van der Waals surface area contributed by atoms with Crippen molar-refractivity contribution in [1.29, 1.82) is 0 Å². The van der Waals surface area contributed by atoms with Crippen LogP contribution in [0.3, 0.4) is 0 Å². The van der Waals surface area contributed by atoms with Crippen molar-refractivity contribution in [2.45, 2.75) is 20.3 Å². The molecule has 0 bridgehead atoms. The van der Waals surface area contributed by atoms with Gasteiger partial charge in [0.2, 0.25) is 0 Å². The number of ether oxygens (including phenoxy) is 1. The first kappa shape index (κ1) is 13.3. The van der Waals surface area contributed by atoms with Crippen LogP contribution < -0.4 is 10.1 Å². The molecule has 1 N–H and O–H groups in total. The Morgan fingerprint density at radius 1 is 1.16 bits per heavy atom. The standard InChI is InChI=1S/C14H18N4O/c1-3-7-19-12-8-11(9-15-10-12)13-5-6-14(16-4-2)18-17-13/h5-6,8-10H,3-4,7H2,1-2H3,(H,16,18). The van der Waals surface area contributed by atoms with E-state index in [0.29, 0.717) is 6.61 Å². The van der Waals surface area contributed by atoms with Crippen molar-refractivity contribution in [3.8, 4) is 17.0 Å². The van der Waals surface area contributed by atoms with E-state index >= 15 is 0 Å². The van der Waals surface area contributed by atoms with Crippen LogP contribution in [-0.2, 0) is 0 Å². The predicted molar refractivity (Wildman–Crippen MR) is 75.2 cm³/mol. The van der Waals surface area contributed by atoms with Crippen LogP contribution in [0.25, 0.3) is 11.3 Å². The van der Waals surface area contributed by atoms with Crippen LogP contribution in [0.5, 0.6) is 5.75 Å². The highest BCUT2D eigenvalue weighted by molar-refractivity contribution is 5.60. The minimum atomic E-state index is 0.691. The Kier molecular flexibility index (Phi) is 4.66. The van der Waals surface area contributed by atoms with Gasteiger partial charge in [0.25, 0.3) is 0 Å². The Morgan fingerprint density at radius 2 is 2.05 bits per heavy atom. The van der Waals surface area contributed by atoms with Crippen LogP contribution in [0.4, 0.5) is 5.82 Å². The smallest absolute Gasteiger partial charge is 0.148 e. The molecule has 0 saturated heterocycles. The molecule has 0 amide bonds. The van der Waals surface area contributed by atoms with Crippen LogP contribution in [0, 0.1) is 0 Å². The fraction of sp³-hybridized carbons (Fsp3) is 0.357. The lowest BCUT2D eigenvalue weighted by Gasteiger charge is -2.06. The van der Waals surface area contributed by atoms with E-state index in [0.717, 1.165) is 35.8 Å². The molecule has 100 valence electrons. The number of pyridine rings is 1. The summed E-state index contributed by atoms with van der Waals surface area (Å²) in [5.41, 5.74) is 1.69. The van der Waals surface area contributed by atoms with Crippen molar-refractivity contribution in [1.82, 2.24) is 15.2 Å². The maximum Gasteiger partial charge on any atom is 0.148 e. The average Bonchev–Trinajstić information content (AvgIpc) is 2.46. The molecular formula is C14H18N4O. The van der Waals surface area contributed by atoms with Gasteiger partial charge in [-0.2, -0.15) is 0 Å².